The van der Waals surface area contributed by atoms with Crippen LogP contribution in [-0.4, -0.2) is 18.3 Å². The summed E-state index contributed by atoms with van der Waals surface area (Å²) in [7, 11) is -0.474. The number of nitrogens with two attached hydrogens (primary N) is 1. The van der Waals surface area contributed by atoms with E-state index in [-0.39, 0.29) is 6.54 Å². The second-order valence-electron chi connectivity index (χ2n) is 6.77. The predicted octanol–water partition coefficient (Wildman–Crippen LogP) is 3.00. The summed E-state index contributed by atoms with van der Waals surface area (Å²) in [5.41, 5.74) is 18.3. The Labute approximate surface area is 131 Å². The monoisotopic (exact) mass is 302 g/mol. The number of benzene rings is 1. The molecule has 0 atom stereocenters. The average Bonchev–Trinajstić information content (AvgIpc) is 2.61. The van der Waals surface area contributed by atoms with E-state index in [1.165, 1.54) is 0 Å². The molecule has 1 aromatic carbocycles. The summed E-state index contributed by atoms with van der Waals surface area (Å²) in [6.07, 6.45) is 0. The van der Waals surface area contributed by atoms with E-state index in [1.54, 1.807) is 0 Å². The van der Waals surface area contributed by atoms with Gasteiger partial charge in [-0.05, 0) is 75.3 Å². The number of anilines is 1. The molecule has 0 spiro atoms. The van der Waals surface area contributed by atoms with E-state index in [0.717, 1.165) is 22.2 Å². The second-order valence-corrected chi connectivity index (χ2v) is 6.77. The zero-order valence-electron chi connectivity index (χ0n) is 14.1. The molecule has 2 N–H and O–H groups in total. The Morgan fingerprint density at radius 2 is 1.73 bits per heavy atom. The summed E-state index contributed by atoms with van der Waals surface area (Å²) in [4.78, 5) is 2.82. The predicted molar refractivity (Wildman–Crippen MR) is 88.9 cm³/mol. The Bertz CT molecular complexity index is 635. The fourth-order valence-corrected chi connectivity index (χ4v) is 2.60. The Kier molecular flexibility index (Phi) is 4.17. The SMILES string of the molecule is Cc1c(N)cc(CN=[N+]=[N-])c(C)c1B1OC(C)(C)C(C)(C)O1. The fourth-order valence-electron chi connectivity index (χ4n) is 2.60. The molecule has 7 heteroatoms. The molecule has 0 amide bonds. The van der Waals surface area contributed by atoms with Crippen LogP contribution in [0.3, 0.4) is 0 Å². The number of hydrogen-bond acceptors (Lipinski definition) is 4. The molecule has 22 heavy (non-hydrogen) atoms. The van der Waals surface area contributed by atoms with E-state index in [0.29, 0.717) is 5.69 Å². The van der Waals surface area contributed by atoms with Gasteiger partial charge in [-0.1, -0.05) is 5.11 Å². The van der Waals surface area contributed by atoms with Crippen LogP contribution in [0, 0.1) is 13.8 Å². The number of nitrogens with zero attached hydrogens (tertiary/aromatic N) is 3. The van der Waals surface area contributed by atoms with E-state index in [1.807, 2.05) is 47.6 Å². The third-order valence-corrected chi connectivity index (χ3v) is 4.85. The molecule has 1 aliphatic heterocycles. The molecule has 1 saturated heterocycles. The molecule has 1 fully saturated rings. The van der Waals surface area contributed by atoms with Gasteiger partial charge in [0.25, 0.3) is 0 Å². The van der Waals surface area contributed by atoms with E-state index in [2.05, 4.69) is 10.0 Å². The lowest BCUT2D eigenvalue weighted by molar-refractivity contribution is 0.00578. The zero-order chi connectivity index (χ0) is 16.7. The van der Waals surface area contributed by atoms with Crippen molar-refractivity contribution in [2.45, 2.75) is 59.3 Å². The van der Waals surface area contributed by atoms with Crippen LogP contribution in [0.4, 0.5) is 5.69 Å². The van der Waals surface area contributed by atoms with Crippen LogP contribution in [0.5, 0.6) is 0 Å². The van der Waals surface area contributed by atoms with E-state index >= 15 is 0 Å². The van der Waals surface area contributed by atoms with Crippen molar-refractivity contribution < 1.29 is 9.31 Å². The van der Waals surface area contributed by atoms with Crippen LogP contribution in [0.2, 0.25) is 0 Å². The lowest BCUT2D eigenvalue weighted by atomic mass is 9.72. The molecule has 2 rings (SSSR count). The van der Waals surface area contributed by atoms with Gasteiger partial charge in [-0.2, -0.15) is 0 Å². The largest absolute Gasteiger partial charge is 0.495 e. The molecule has 0 bridgehead atoms. The smallest absolute Gasteiger partial charge is 0.399 e. The maximum Gasteiger partial charge on any atom is 0.495 e. The lowest BCUT2D eigenvalue weighted by Crippen LogP contribution is -2.41. The standard InChI is InChI=1S/C15H23BN4O2/c1-9-11(8-19-20-18)7-12(17)10(2)13(9)16-21-14(3,4)15(5,6)22-16/h7H,8,17H2,1-6H3. The van der Waals surface area contributed by atoms with Crippen molar-refractivity contribution in [1.29, 1.82) is 0 Å². The maximum atomic E-state index is 8.54. The molecule has 1 aliphatic rings. The minimum absolute atomic E-state index is 0.263. The average molecular weight is 302 g/mol. The summed E-state index contributed by atoms with van der Waals surface area (Å²) >= 11 is 0. The second kappa shape index (κ2) is 5.50. The van der Waals surface area contributed by atoms with Gasteiger partial charge in [-0.25, -0.2) is 0 Å². The summed E-state index contributed by atoms with van der Waals surface area (Å²) in [6, 6.07) is 1.86. The highest BCUT2D eigenvalue weighted by molar-refractivity contribution is 6.63. The van der Waals surface area contributed by atoms with Crippen molar-refractivity contribution >= 4 is 18.3 Å². The molecular formula is C15H23BN4O2. The molecule has 1 heterocycles. The van der Waals surface area contributed by atoms with Crippen LogP contribution < -0.4 is 11.2 Å². The molecule has 0 radical (unpaired) electrons. The molecule has 0 aromatic heterocycles. The van der Waals surface area contributed by atoms with Gasteiger partial charge in [0.15, 0.2) is 0 Å². The van der Waals surface area contributed by atoms with Crippen LogP contribution in [0.1, 0.15) is 44.4 Å². The lowest BCUT2D eigenvalue weighted by Gasteiger charge is -2.32. The van der Waals surface area contributed by atoms with Crippen LogP contribution in [0.15, 0.2) is 11.2 Å². The van der Waals surface area contributed by atoms with Crippen molar-refractivity contribution in [3.05, 3.63) is 33.2 Å². The first kappa shape index (κ1) is 16.7. The first-order valence-corrected chi connectivity index (χ1v) is 7.35. The third-order valence-electron chi connectivity index (χ3n) is 4.85. The van der Waals surface area contributed by atoms with Gasteiger partial charge >= 0.3 is 7.12 Å². The summed E-state index contributed by atoms with van der Waals surface area (Å²) in [5.74, 6) is 0. The van der Waals surface area contributed by atoms with E-state index in [4.69, 9.17) is 20.6 Å². The van der Waals surface area contributed by atoms with Gasteiger partial charge in [0, 0.05) is 10.6 Å². The van der Waals surface area contributed by atoms with Crippen LogP contribution in [-0.2, 0) is 15.9 Å². The van der Waals surface area contributed by atoms with Gasteiger partial charge < -0.3 is 15.0 Å². The Morgan fingerprint density at radius 1 is 1.18 bits per heavy atom. The highest BCUT2D eigenvalue weighted by atomic mass is 16.7. The van der Waals surface area contributed by atoms with Gasteiger partial charge in [0.05, 0.1) is 17.7 Å². The van der Waals surface area contributed by atoms with Gasteiger partial charge in [0.2, 0.25) is 0 Å². The van der Waals surface area contributed by atoms with E-state index in [9.17, 15) is 0 Å². The van der Waals surface area contributed by atoms with Crippen molar-refractivity contribution in [3.63, 3.8) is 0 Å². The first-order valence-electron chi connectivity index (χ1n) is 7.35. The number of hydrogen-bond donors (Lipinski definition) is 1. The topological polar surface area (TPSA) is 93.2 Å². The highest BCUT2D eigenvalue weighted by Gasteiger charge is 2.52. The molecular weight excluding hydrogens is 279 g/mol. The third kappa shape index (κ3) is 2.67. The summed E-state index contributed by atoms with van der Waals surface area (Å²) < 4.78 is 12.3. The Morgan fingerprint density at radius 3 is 2.23 bits per heavy atom. The quantitative estimate of drug-likeness (QED) is 0.306. The van der Waals surface area contributed by atoms with Crippen molar-refractivity contribution in [1.82, 2.24) is 0 Å². The van der Waals surface area contributed by atoms with Crippen LogP contribution >= 0.6 is 0 Å². The van der Waals surface area contributed by atoms with E-state index < -0.39 is 18.3 Å². The Hall–Kier alpha value is -1.69. The van der Waals surface area contributed by atoms with Crippen molar-refractivity contribution in [2.24, 2.45) is 5.11 Å². The van der Waals surface area contributed by atoms with Crippen molar-refractivity contribution in [2.75, 3.05) is 5.73 Å². The molecule has 0 unspecified atom stereocenters. The number of rotatable bonds is 3. The number of nitrogen functional groups attached to an aromatic ring is 1. The maximum absolute atomic E-state index is 8.54. The fraction of sp³-hybridized carbons (Fsp3) is 0.600. The molecule has 0 saturated carbocycles. The van der Waals surface area contributed by atoms with Gasteiger partial charge in [0.1, 0.15) is 0 Å². The Balaban J connectivity index is 2.52. The normalized spacial score (nSPS) is 19.1. The number of azide groups is 1. The van der Waals surface area contributed by atoms with Crippen LogP contribution in [0.25, 0.3) is 10.4 Å². The minimum atomic E-state index is -0.474. The molecule has 118 valence electrons. The van der Waals surface area contributed by atoms with Crippen molar-refractivity contribution in [3.8, 4) is 0 Å². The molecule has 0 aliphatic carbocycles. The zero-order valence-corrected chi connectivity index (χ0v) is 14.1. The minimum Gasteiger partial charge on any atom is -0.399 e. The molecule has 1 aromatic rings. The summed E-state index contributed by atoms with van der Waals surface area (Å²) in [5, 5.41) is 3.64. The van der Waals surface area contributed by atoms with Gasteiger partial charge in [-0.3, -0.25) is 0 Å². The highest BCUT2D eigenvalue weighted by Crippen LogP contribution is 2.37. The molecule has 6 nitrogen and oxygen atoms in total. The summed E-state index contributed by atoms with van der Waals surface area (Å²) in [6.45, 7) is 12.3. The van der Waals surface area contributed by atoms with Gasteiger partial charge in [-0.15, -0.1) is 0 Å². The first-order chi connectivity index (χ1) is 10.1.